The molecule has 3 heteroatoms. The lowest BCUT2D eigenvalue weighted by Gasteiger charge is -1.99. The quantitative estimate of drug-likeness (QED) is 0.704. The lowest BCUT2D eigenvalue weighted by molar-refractivity contribution is 1.19. The molecule has 0 saturated heterocycles. The van der Waals surface area contributed by atoms with Gasteiger partial charge in [0.15, 0.2) is 0 Å². The second-order valence-corrected chi connectivity index (χ2v) is 11.3. The van der Waals surface area contributed by atoms with E-state index in [1.54, 1.807) is 0 Å². The lowest BCUT2D eigenvalue weighted by atomic mass is 10.1. The van der Waals surface area contributed by atoms with Crippen molar-refractivity contribution in [1.82, 2.24) is 0 Å². The molecular weight excluding hydrogens is 340 g/mol. The van der Waals surface area contributed by atoms with E-state index in [9.17, 15) is 0 Å². The van der Waals surface area contributed by atoms with Crippen molar-refractivity contribution in [2.24, 2.45) is 0 Å². The average molecular weight is 351 g/mol. The van der Waals surface area contributed by atoms with E-state index in [1.807, 2.05) is 18.2 Å². The first kappa shape index (κ1) is 14.2. The normalized spacial score (nSPS) is 8.62. The SMILES string of the molecule is [Br][Mg][Br].[c]1ccc(Cc2ccccc2)cc1. The van der Waals surface area contributed by atoms with Crippen LogP contribution in [0.4, 0.5) is 0 Å². The first-order chi connectivity index (χ1) is 7.86. The van der Waals surface area contributed by atoms with Gasteiger partial charge in [-0.25, -0.2) is 0 Å². The van der Waals surface area contributed by atoms with Crippen molar-refractivity contribution in [2.45, 2.75) is 6.42 Å². The minimum Gasteiger partial charge on any atom is -0.280 e. The summed E-state index contributed by atoms with van der Waals surface area (Å²) in [6, 6.07) is 21.6. The maximum absolute atomic E-state index is 3.20. The maximum Gasteiger partial charge on any atom is 0.560 e. The summed E-state index contributed by atoms with van der Waals surface area (Å²) in [7, 11) is 0. The van der Waals surface area contributed by atoms with E-state index in [4.69, 9.17) is 0 Å². The molecule has 0 aliphatic rings. The lowest BCUT2D eigenvalue weighted by Crippen LogP contribution is -1.85. The highest BCUT2D eigenvalue weighted by atomic mass is 79.9. The first-order valence-electron chi connectivity index (χ1n) is 4.97. The van der Waals surface area contributed by atoms with Gasteiger partial charge in [-0.3, -0.25) is 25.8 Å². The number of hydrogen-bond donors (Lipinski definition) is 0. The highest BCUT2D eigenvalue weighted by Gasteiger charge is 1.92. The van der Waals surface area contributed by atoms with Gasteiger partial charge in [0.1, 0.15) is 0 Å². The summed E-state index contributed by atoms with van der Waals surface area (Å²) in [4.78, 5) is 0. The van der Waals surface area contributed by atoms with Gasteiger partial charge in [-0.05, 0) is 23.6 Å². The van der Waals surface area contributed by atoms with Crippen LogP contribution >= 0.6 is 25.8 Å². The van der Waals surface area contributed by atoms with Crippen molar-refractivity contribution in [3.8, 4) is 0 Å². The molecule has 1 radical (unpaired) electrons. The number of halogens is 2. The van der Waals surface area contributed by atoms with Crippen LogP contribution in [0.2, 0.25) is 0 Å². The van der Waals surface area contributed by atoms with Gasteiger partial charge in [0.25, 0.3) is 0 Å². The molecule has 2 rings (SSSR count). The molecular formula is C13H11Br2Mg. The molecule has 0 aliphatic heterocycles. The van der Waals surface area contributed by atoms with Gasteiger partial charge in [-0.2, -0.15) is 0 Å². The largest absolute Gasteiger partial charge is 0.560 e. The Bertz CT molecular complexity index is 338. The zero-order valence-corrected chi connectivity index (χ0v) is 13.5. The second-order valence-electron chi connectivity index (χ2n) is 3.17. The van der Waals surface area contributed by atoms with Crippen LogP contribution in [-0.2, 0) is 6.42 Å². The van der Waals surface area contributed by atoms with Crippen LogP contribution in [0.3, 0.4) is 0 Å². The molecule has 0 spiro atoms. The molecule has 0 nitrogen and oxygen atoms in total. The summed E-state index contributed by atoms with van der Waals surface area (Å²) in [5.74, 6) is 0. The predicted molar refractivity (Wildman–Crippen MR) is 78.1 cm³/mol. The van der Waals surface area contributed by atoms with Crippen molar-refractivity contribution in [2.75, 3.05) is 0 Å². The smallest absolute Gasteiger partial charge is 0.280 e. The van der Waals surface area contributed by atoms with Crippen molar-refractivity contribution >= 4 is 41.8 Å². The van der Waals surface area contributed by atoms with Gasteiger partial charge in [-0.15, -0.1) is 0 Å². The molecule has 0 aromatic heterocycles. The minimum atomic E-state index is 0.0417. The molecule has 0 bridgehead atoms. The third-order valence-electron chi connectivity index (χ3n) is 2.04. The molecule has 16 heavy (non-hydrogen) atoms. The van der Waals surface area contributed by atoms with E-state index in [2.05, 4.69) is 68.2 Å². The molecule has 2 aromatic rings. The van der Waals surface area contributed by atoms with Gasteiger partial charge in [0.2, 0.25) is 0 Å². The summed E-state index contributed by atoms with van der Waals surface area (Å²) >= 11 is 6.44. The molecule has 0 unspecified atom stereocenters. The van der Waals surface area contributed by atoms with Gasteiger partial charge < -0.3 is 0 Å². The van der Waals surface area contributed by atoms with Crippen LogP contribution in [0.15, 0.2) is 54.6 Å². The first-order valence-corrected chi connectivity index (χ1v) is 12.8. The molecule has 0 amide bonds. The van der Waals surface area contributed by atoms with Crippen LogP contribution in [0.25, 0.3) is 0 Å². The van der Waals surface area contributed by atoms with Gasteiger partial charge in [-0.1, -0.05) is 54.6 Å². The average Bonchev–Trinajstić information content (AvgIpc) is 2.33. The van der Waals surface area contributed by atoms with Crippen molar-refractivity contribution in [3.05, 3.63) is 71.8 Å². The molecule has 79 valence electrons. The van der Waals surface area contributed by atoms with E-state index >= 15 is 0 Å². The third kappa shape index (κ3) is 6.04. The molecule has 0 N–H and O–H groups in total. The van der Waals surface area contributed by atoms with Gasteiger partial charge in [0.05, 0.1) is 0 Å². The third-order valence-corrected chi connectivity index (χ3v) is 2.04. The minimum absolute atomic E-state index is 0.0417. The Morgan fingerprint density at radius 2 is 1.38 bits per heavy atom. The fraction of sp³-hybridized carbons (Fsp3) is 0.0769. The summed E-state index contributed by atoms with van der Waals surface area (Å²) in [6.45, 7) is 0. The molecule has 0 saturated carbocycles. The summed E-state index contributed by atoms with van der Waals surface area (Å²) < 4.78 is 0. The molecule has 0 fully saturated rings. The number of hydrogen-bond acceptors (Lipinski definition) is 0. The van der Waals surface area contributed by atoms with Gasteiger partial charge >= 0.3 is 16.0 Å². The fourth-order valence-electron chi connectivity index (χ4n) is 1.37. The number of rotatable bonds is 2. The van der Waals surface area contributed by atoms with Crippen molar-refractivity contribution in [3.63, 3.8) is 0 Å². The van der Waals surface area contributed by atoms with E-state index < -0.39 is 0 Å². The Hall–Kier alpha value is 0.166. The molecule has 0 atom stereocenters. The second kappa shape index (κ2) is 9.22. The van der Waals surface area contributed by atoms with Gasteiger partial charge in [0, 0.05) is 0 Å². The highest BCUT2D eigenvalue weighted by Crippen LogP contribution is 2.07. The Labute approximate surface area is 119 Å². The Morgan fingerprint density at radius 3 is 1.94 bits per heavy atom. The van der Waals surface area contributed by atoms with Crippen LogP contribution in [0, 0.1) is 6.07 Å². The van der Waals surface area contributed by atoms with Crippen LogP contribution in [-0.4, -0.2) is 16.0 Å². The van der Waals surface area contributed by atoms with E-state index in [-0.39, 0.29) is 16.0 Å². The number of benzene rings is 2. The van der Waals surface area contributed by atoms with Crippen LogP contribution < -0.4 is 0 Å². The Morgan fingerprint density at radius 1 is 0.875 bits per heavy atom. The predicted octanol–water partition coefficient (Wildman–Crippen LogP) is 4.39. The maximum atomic E-state index is 3.20. The fourth-order valence-corrected chi connectivity index (χ4v) is 1.37. The Kier molecular flexibility index (Phi) is 8.20. The van der Waals surface area contributed by atoms with Crippen LogP contribution in [0.1, 0.15) is 11.1 Å². The Balaban J connectivity index is 0.000000386. The van der Waals surface area contributed by atoms with E-state index in [0.717, 1.165) is 6.42 Å². The zero-order chi connectivity index (χ0) is 11.6. The topological polar surface area (TPSA) is 0 Å². The van der Waals surface area contributed by atoms with Crippen LogP contribution in [0.5, 0.6) is 0 Å². The standard InChI is InChI=1S/C13H11.2BrH.Mg/c1-3-7-12(8-4-1)11-13-9-5-2-6-10-13;;;/h1,3-10H,11H2;2*1H;/q;;;+2/p-2. The van der Waals surface area contributed by atoms with E-state index in [0.29, 0.717) is 0 Å². The molecule has 2 aromatic carbocycles. The van der Waals surface area contributed by atoms with Crippen molar-refractivity contribution in [1.29, 1.82) is 0 Å². The van der Waals surface area contributed by atoms with Crippen molar-refractivity contribution < 1.29 is 0 Å². The summed E-state index contributed by atoms with van der Waals surface area (Å²) in [5, 5.41) is 0. The monoisotopic (exact) mass is 349 g/mol. The zero-order valence-electron chi connectivity index (χ0n) is 8.87. The summed E-state index contributed by atoms with van der Waals surface area (Å²) in [5.41, 5.74) is 2.69. The molecule has 0 heterocycles. The highest BCUT2D eigenvalue weighted by molar-refractivity contribution is 9.47. The van der Waals surface area contributed by atoms with E-state index in [1.165, 1.54) is 11.1 Å². The molecule has 0 aliphatic carbocycles. The summed E-state index contributed by atoms with van der Waals surface area (Å²) in [6.07, 6.45) is 1.01.